The van der Waals surface area contributed by atoms with Crippen LogP contribution in [0.5, 0.6) is 5.75 Å². The second-order valence-corrected chi connectivity index (χ2v) is 6.67. The number of hydrogen-bond donors (Lipinski definition) is 0. The van der Waals surface area contributed by atoms with E-state index in [0.29, 0.717) is 0 Å². The van der Waals surface area contributed by atoms with Gasteiger partial charge in [0.1, 0.15) is 23.2 Å². The van der Waals surface area contributed by atoms with Gasteiger partial charge in [0.05, 0.1) is 12.4 Å². The van der Waals surface area contributed by atoms with Crippen LogP contribution in [0.2, 0.25) is 0 Å². The zero-order chi connectivity index (χ0) is 13.8. The van der Waals surface area contributed by atoms with E-state index in [1.807, 2.05) is 0 Å². The van der Waals surface area contributed by atoms with E-state index < -0.39 is 14.9 Å². The minimum absolute atomic E-state index is 0.0318. The summed E-state index contributed by atoms with van der Waals surface area (Å²) in [7, 11) is 1.50. The molecule has 98 valence electrons. The summed E-state index contributed by atoms with van der Waals surface area (Å²) in [4.78, 5) is 0. The predicted molar refractivity (Wildman–Crippen MR) is 65.4 cm³/mol. The van der Waals surface area contributed by atoms with Crippen molar-refractivity contribution >= 4 is 19.7 Å². The van der Waals surface area contributed by atoms with Crippen LogP contribution in [0.25, 0.3) is 0 Å². The summed E-state index contributed by atoms with van der Waals surface area (Å²) in [6, 6.07) is 5.70. The van der Waals surface area contributed by atoms with Gasteiger partial charge >= 0.3 is 0 Å². The van der Waals surface area contributed by atoms with Crippen LogP contribution in [0.15, 0.2) is 18.2 Å². The molecule has 0 aromatic heterocycles. The highest BCUT2D eigenvalue weighted by molar-refractivity contribution is 8.13. The van der Waals surface area contributed by atoms with Crippen LogP contribution in [0, 0.1) is 23.1 Å². The van der Waals surface area contributed by atoms with Gasteiger partial charge < -0.3 is 4.74 Å². The first kappa shape index (κ1) is 14.7. The van der Waals surface area contributed by atoms with Gasteiger partial charge in [-0.05, 0) is 12.1 Å². The van der Waals surface area contributed by atoms with Crippen LogP contribution in [0.3, 0.4) is 0 Å². The average Bonchev–Trinajstić information content (AvgIpc) is 2.24. The lowest BCUT2D eigenvalue weighted by molar-refractivity contribution is 0.270. The average molecular weight is 292 g/mol. The molecule has 1 atom stereocenters. The molecule has 0 aliphatic rings. The molecule has 18 heavy (non-hydrogen) atoms. The van der Waals surface area contributed by atoms with Crippen molar-refractivity contribution in [1.29, 1.82) is 5.26 Å². The molecule has 1 rings (SSSR count). The quantitative estimate of drug-likeness (QED) is 0.781. The standard InChI is InChI=1S/C11H11ClFNO3S/c1-8(7-18(12,15)16)6-17-11-4-2-3-10(13)9(11)5-14/h2-4,8H,6-7H2,1H3. The zero-order valence-corrected chi connectivity index (χ0v) is 11.1. The Hall–Kier alpha value is -1.32. The third-order valence-corrected chi connectivity index (χ3v) is 3.44. The fraction of sp³-hybridized carbons (Fsp3) is 0.364. The SMILES string of the molecule is CC(COc1cccc(F)c1C#N)CS(=O)(=O)Cl. The molecule has 0 radical (unpaired) electrons. The number of hydrogen-bond acceptors (Lipinski definition) is 4. The largest absolute Gasteiger partial charge is 0.492 e. The van der Waals surface area contributed by atoms with Gasteiger partial charge in [-0.15, -0.1) is 0 Å². The maximum absolute atomic E-state index is 13.2. The van der Waals surface area contributed by atoms with Crippen molar-refractivity contribution in [3.63, 3.8) is 0 Å². The van der Waals surface area contributed by atoms with Crippen molar-refractivity contribution < 1.29 is 17.5 Å². The van der Waals surface area contributed by atoms with Gasteiger partial charge in [0, 0.05) is 16.6 Å². The summed E-state index contributed by atoms with van der Waals surface area (Å²) < 4.78 is 40.1. The molecular formula is C11H11ClFNO3S. The first-order valence-corrected chi connectivity index (χ1v) is 7.55. The summed E-state index contributed by atoms with van der Waals surface area (Å²) in [6.07, 6.45) is 0. The van der Waals surface area contributed by atoms with Gasteiger partial charge in [-0.3, -0.25) is 0 Å². The minimum Gasteiger partial charge on any atom is -0.492 e. The van der Waals surface area contributed by atoms with Gasteiger partial charge in [0.2, 0.25) is 9.05 Å². The molecule has 0 amide bonds. The van der Waals surface area contributed by atoms with E-state index in [4.69, 9.17) is 20.7 Å². The molecule has 0 spiro atoms. The monoisotopic (exact) mass is 291 g/mol. The normalized spacial score (nSPS) is 12.8. The van der Waals surface area contributed by atoms with Crippen LogP contribution in [-0.2, 0) is 9.05 Å². The Bertz CT molecular complexity index is 568. The zero-order valence-electron chi connectivity index (χ0n) is 9.56. The fourth-order valence-corrected chi connectivity index (χ4v) is 2.77. The van der Waals surface area contributed by atoms with Gasteiger partial charge in [0.15, 0.2) is 0 Å². The molecule has 1 unspecified atom stereocenters. The molecule has 7 heteroatoms. The van der Waals surface area contributed by atoms with E-state index in [1.54, 1.807) is 13.0 Å². The van der Waals surface area contributed by atoms with Crippen LogP contribution < -0.4 is 4.74 Å². The molecule has 0 aliphatic carbocycles. The van der Waals surface area contributed by atoms with E-state index in [-0.39, 0.29) is 29.6 Å². The van der Waals surface area contributed by atoms with Gasteiger partial charge in [-0.25, -0.2) is 12.8 Å². The van der Waals surface area contributed by atoms with Crippen LogP contribution in [0.4, 0.5) is 4.39 Å². The Morgan fingerprint density at radius 3 is 2.78 bits per heavy atom. The highest BCUT2D eigenvalue weighted by Crippen LogP contribution is 2.21. The van der Waals surface area contributed by atoms with Crippen molar-refractivity contribution in [2.45, 2.75) is 6.92 Å². The summed E-state index contributed by atoms with van der Waals surface area (Å²) in [5, 5.41) is 8.76. The Morgan fingerprint density at radius 2 is 2.22 bits per heavy atom. The van der Waals surface area contributed by atoms with E-state index in [9.17, 15) is 12.8 Å². The lowest BCUT2D eigenvalue weighted by atomic mass is 10.2. The predicted octanol–water partition coefficient (Wildman–Crippen LogP) is 2.28. The summed E-state index contributed by atoms with van der Waals surface area (Å²) >= 11 is 0. The van der Waals surface area contributed by atoms with Crippen molar-refractivity contribution in [2.24, 2.45) is 5.92 Å². The number of nitriles is 1. The van der Waals surface area contributed by atoms with Gasteiger partial charge in [-0.1, -0.05) is 13.0 Å². The molecule has 4 nitrogen and oxygen atoms in total. The second-order valence-electron chi connectivity index (χ2n) is 3.85. The fourth-order valence-electron chi connectivity index (χ4n) is 1.35. The molecule has 0 aliphatic heterocycles. The van der Waals surface area contributed by atoms with Crippen LogP contribution in [-0.4, -0.2) is 20.8 Å². The van der Waals surface area contributed by atoms with Crippen molar-refractivity contribution in [1.82, 2.24) is 0 Å². The Kier molecular flexibility index (Phi) is 4.93. The molecule has 0 bridgehead atoms. The molecule has 0 heterocycles. The van der Waals surface area contributed by atoms with Gasteiger partial charge in [0.25, 0.3) is 0 Å². The maximum Gasteiger partial charge on any atom is 0.232 e. The molecular weight excluding hydrogens is 281 g/mol. The number of halogens is 2. The Balaban J connectivity index is 2.70. The van der Waals surface area contributed by atoms with Gasteiger partial charge in [-0.2, -0.15) is 5.26 Å². The first-order chi connectivity index (χ1) is 8.33. The van der Waals surface area contributed by atoms with Crippen LogP contribution >= 0.6 is 10.7 Å². The third kappa shape index (κ3) is 4.51. The summed E-state index contributed by atoms with van der Waals surface area (Å²) in [6.45, 7) is 1.66. The Labute approximate surface area is 109 Å². The van der Waals surface area contributed by atoms with E-state index in [1.165, 1.54) is 12.1 Å². The second kappa shape index (κ2) is 6.03. The highest BCUT2D eigenvalue weighted by atomic mass is 35.7. The number of nitrogens with zero attached hydrogens (tertiary/aromatic N) is 1. The van der Waals surface area contributed by atoms with Crippen molar-refractivity contribution in [3.8, 4) is 11.8 Å². The first-order valence-electron chi connectivity index (χ1n) is 5.07. The lowest BCUT2D eigenvalue weighted by Gasteiger charge is -2.12. The number of ether oxygens (including phenoxy) is 1. The maximum atomic E-state index is 13.2. The molecule has 1 aromatic rings. The minimum atomic E-state index is -3.60. The summed E-state index contributed by atoms with van der Waals surface area (Å²) in [5.41, 5.74) is -0.196. The molecule has 0 N–H and O–H groups in total. The molecule has 0 saturated heterocycles. The summed E-state index contributed by atoms with van der Waals surface area (Å²) in [5.74, 6) is -1.18. The third-order valence-electron chi connectivity index (χ3n) is 2.09. The molecule has 0 saturated carbocycles. The number of benzene rings is 1. The van der Waals surface area contributed by atoms with Crippen LogP contribution in [0.1, 0.15) is 12.5 Å². The van der Waals surface area contributed by atoms with E-state index in [0.717, 1.165) is 6.07 Å². The number of rotatable bonds is 5. The van der Waals surface area contributed by atoms with Crippen molar-refractivity contribution in [3.05, 3.63) is 29.6 Å². The Morgan fingerprint density at radius 1 is 1.56 bits per heavy atom. The molecule has 0 fully saturated rings. The van der Waals surface area contributed by atoms with E-state index in [2.05, 4.69) is 0 Å². The topological polar surface area (TPSA) is 67.2 Å². The smallest absolute Gasteiger partial charge is 0.232 e. The van der Waals surface area contributed by atoms with Crippen molar-refractivity contribution in [2.75, 3.05) is 12.4 Å². The lowest BCUT2D eigenvalue weighted by Crippen LogP contribution is -2.17. The highest BCUT2D eigenvalue weighted by Gasteiger charge is 2.15. The molecule has 1 aromatic carbocycles. The van der Waals surface area contributed by atoms with E-state index >= 15 is 0 Å².